The highest BCUT2D eigenvalue weighted by Crippen LogP contribution is 2.37. The molecule has 2 aliphatic heterocycles. The largest absolute Gasteiger partial charge is 0.300 e. The third-order valence-corrected chi connectivity index (χ3v) is 5.34. The van der Waals surface area contributed by atoms with Gasteiger partial charge < -0.3 is 0 Å². The van der Waals surface area contributed by atoms with Crippen LogP contribution in [0.25, 0.3) is 0 Å². The SMILES string of the molecule is O=C1CC2CCCC(C1)N2C1CCCCCCC1. The van der Waals surface area contributed by atoms with E-state index in [-0.39, 0.29) is 0 Å². The van der Waals surface area contributed by atoms with Gasteiger partial charge in [0.25, 0.3) is 0 Å². The average molecular weight is 249 g/mol. The van der Waals surface area contributed by atoms with Gasteiger partial charge in [-0.05, 0) is 25.7 Å². The number of nitrogens with zero attached hydrogens (tertiary/aromatic N) is 1. The van der Waals surface area contributed by atoms with Crippen LogP contribution in [-0.4, -0.2) is 28.8 Å². The van der Waals surface area contributed by atoms with Crippen LogP contribution in [-0.2, 0) is 4.79 Å². The Balaban J connectivity index is 1.70. The molecule has 2 atom stereocenters. The Labute approximate surface area is 111 Å². The highest BCUT2D eigenvalue weighted by Gasteiger charge is 2.40. The van der Waals surface area contributed by atoms with Crippen molar-refractivity contribution in [3.8, 4) is 0 Å². The molecule has 0 amide bonds. The van der Waals surface area contributed by atoms with Crippen molar-refractivity contribution >= 4 is 5.78 Å². The summed E-state index contributed by atoms with van der Waals surface area (Å²) < 4.78 is 0. The average Bonchev–Trinajstić information content (AvgIpc) is 2.28. The zero-order valence-electron chi connectivity index (χ0n) is 11.6. The number of carbonyl (C=O) groups is 1. The van der Waals surface area contributed by atoms with Crippen molar-refractivity contribution < 1.29 is 4.79 Å². The zero-order valence-corrected chi connectivity index (χ0v) is 11.6. The Morgan fingerprint density at radius 2 is 1.17 bits per heavy atom. The van der Waals surface area contributed by atoms with Gasteiger partial charge in [-0.25, -0.2) is 0 Å². The fourth-order valence-corrected chi connectivity index (χ4v) is 4.54. The first-order chi connectivity index (χ1) is 8.84. The lowest BCUT2D eigenvalue weighted by Gasteiger charge is -2.50. The molecule has 102 valence electrons. The van der Waals surface area contributed by atoms with Gasteiger partial charge in [-0.1, -0.05) is 38.5 Å². The minimum absolute atomic E-state index is 0.534. The summed E-state index contributed by atoms with van der Waals surface area (Å²) in [5, 5.41) is 0. The summed E-state index contributed by atoms with van der Waals surface area (Å²) in [7, 11) is 0. The van der Waals surface area contributed by atoms with E-state index in [0.717, 1.165) is 18.9 Å². The number of Topliss-reactive ketones (excluding diaryl/α,β-unsaturated/α-hetero) is 1. The fraction of sp³-hybridized carbons (Fsp3) is 0.938. The van der Waals surface area contributed by atoms with E-state index in [1.165, 1.54) is 64.2 Å². The molecule has 18 heavy (non-hydrogen) atoms. The number of rotatable bonds is 1. The second kappa shape index (κ2) is 5.73. The Kier molecular flexibility index (Phi) is 4.03. The van der Waals surface area contributed by atoms with Crippen LogP contribution in [0.1, 0.15) is 77.0 Å². The molecule has 2 heteroatoms. The van der Waals surface area contributed by atoms with Crippen molar-refractivity contribution in [2.75, 3.05) is 0 Å². The van der Waals surface area contributed by atoms with E-state index in [0.29, 0.717) is 17.9 Å². The number of ketones is 1. The van der Waals surface area contributed by atoms with Gasteiger partial charge in [0.15, 0.2) is 0 Å². The summed E-state index contributed by atoms with van der Waals surface area (Å²) in [4.78, 5) is 14.6. The van der Waals surface area contributed by atoms with Crippen molar-refractivity contribution in [3.63, 3.8) is 0 Å². The summed E-state index contributed by atoms with van der Waals surface area (Å²) in [5.74, 6) is 0.534. The van der Waals surface area contributed by atoms with Crippen LogP contribution < -0.4 is 0 Å². The minimum atomic E-state index is 0.534. The van der Waals surface area contributed by atoms with Crippen LogP contribution in [0.4, 0.5) is 0 Å². The molecule has 3 aliphatic rings. The van der Waals surface area contributed by atoms with Gasteiger partial charge >= 0.3 is 0 Å². The lowest BCUT2D eigenvalue weighted by molar-refractivity contribution is -0.129. The molecular weight excluding hydrogens is 222 g/mol. The van der Waals surface area contributed by atoms with Crippen molar-refractivity contribution in [1.29, 1.82) is 0 Å². The highest BCUT2D eigenvalue weighted by molar-refractivity contribution is 5.80. The molecule has 2 nitrogen and oxygen atoms in total. The first-order valence-corrected chi connectivity index (χ1v) is 8.14. The summed E-state index contributed by atoms with van der Waals surface area (Å²) in [5.41, 5.74) is 0. The molecule has 2 unspecified atom stereocenters. The quantitative estimate of drug-likeness (QED) is 0.706. The predicted molar refractivity (Wildman–Crippen MR) is 73.6 cm³/mol. The normalized spacial score (nSPS) is 36.1. The minimum Gasteiger partial charge on any atom is -0.300 e. The number of fused-ring (bicyclic) bond motifs is 2. The van der Waals surface area contributed by atoms with Gasteiger partial charge in [0.2, 0.25) is 0 Å². The first-order valence-electron chi connectivity index (χ1n) is 8.14. The lowest BCUT2D eigenvalue weighted by Crippen LogP contribution is -2.56. The summed E-state index contributed by atoms with van der Waals surface area (Å²) >= 11 is 0. The zero-order chi connectivity index (χ0) is 12.4. The molecule has 2 saturated heterocycles. The van der Waals surface area contributed by atoms with Gasteiger partial charge in [-0.3, -0.25) is 9.69 Å². The topological polar surface area (TPSA) is 20.3 Å². The molecule has 0 radical (unpaired) electrons. The summed E-state index contributed by atoms with van der Waals surface area (Å²) in [6.07, 6.45) is 15.5. The van der Waals surface area contributed by atoms with Gasteiger partial charge in [-0.2, -0.15) is 0 Å². The van der Waals surface area contributed by atoms with Crippen LogP contribution in [0.3, 0.4) is 0 Å². The van der Waals surface area contributed by atoms with E-state index in [1.807, 2.05) is 0 Å². The molecule has 0 aromatic rings. The molecule has 0 aromatic heterocycles. The fourth-order valence-electron chi connectivity index (χ4n) is 4.54. The lowest BCUT2D eigenvalue weighted by atomic mass is 9.80. The first kappa shape index (κ1) is 12.7. The summed E-state index contributed by atoms with van der Waals surface area (Å²) in [6, 6.07) is 2.01. The molecular formula is C16H27NO. The predicted octanol–water partition coefficient (Wildman–Crippen LogP) is 3.69. The van der Waals surface area contributed by atoms with E-state index in [2.05, 4.69) is 4.90 Å². The number of carbonyl (C=O) groups excluding carboxylic acids is 1. The number of hydrogen-bond acceptors (Lipinski definition) is 2. The van der Waals surface area contributed by atoms with E-state index in [1.54, 1.807) is 0 Å². The molecule has 1 saturated carbocycles. The monoisotopic (exact) mass is 249 g/mol. The van der Waals surface area contributed by atoms with Crippen molar-refractivity contribution in [1.82, 2.24) is 4.90 Å². The second-order valence-electron chi connectivity index (χ2n) is 6.63. The Morgan fingerprint density at radius 3 is 1.78 bits per heavy atom. The Morgan fingerprint density at radius 1 is 0.667 bits per heavy atom. The molecule has 2 bridgehead atoms. The highest BCUT2D eigenvalue weighted by atomic mass is 16.1. The molecule has 3 rings (SSSR count). The maximum Gasteiger partial charge on any atom is 0.136 e. The van der Waals surface area contributed by atoms with Gasteiger partial charge in [0, 0.05) is 31.0 Å². The Hall–Kier alpha value is -0.370. The van der Waals surface area contributed by atoms with Crippen molar-refractivity contribution in [2.45, 2.75) is 95.2 Å². The van der Waals surface area contributed by atoms with Crippen LogP contribution in [0.2, 0.25) is 0 Å². The number of hydrogen-bond donors (Lipinski definition) is 0. The maximum atomic E-state index is 11.8. The third kappa shape index (κ3) is 2.64. The van der Waals surface area contributed by atoms with E-state index >= 15 is 0 Å². The van der Waals surface area contributed by atoms with Crippen LogP contribution in [0.5, 0.6) is 0 Å². The molecule has 0 aromatic carbocycles. The van der Waals surface area contributed by atoms with E-state index < -0.39 is 0 Å². The van der Waals surface area contributed by atoms with E-state index in [9.17, 15) is 4.79 Å². The van der Waals surface area contributed by atoms with Crippen LogP contribution in [0.15, 0.2) is 0 Å². The third-order valence-electron chi connectivity index (χ3n) is 5.34. The smallest absolute Gasteiger partial charge is 0.136 e. The summed E-state index contributed by atoms with van der Waals surface area (Å²) in [6.45, 7) is 0. The molecule has 3 fully saturated rings. The Bertz CT molecular complexity index is 277. The molecule has 1 aliphatic carbocycles. The standard InChI is InChI=1S/C16H27NO/c18-16-11-14-9-6-10-15(12-16)17(14)13-7-4-2-1-3-5-8-13/h13-15H,1-12H2. The second-order valence-corrected chi connectivity index (χ2v) is 6.63. The molecule has 0 N–H and O–H groups in total. The number of piperidine rings is 2. The molecule has 0 spiro atoms. The van der Waals surface area contributed by atoms with Crippen LogP contribution >= 0.6 is 0 Å². The van der Waals surface area contributed by atoms with Gasteiger partial charge in [-0.15, -0.1) is 0 Å². The van der Waals surface area contributed by atoms with Crippen molar-refractivity contribution in [3.05, 3.63) is 0 Å². The van der Waals surface area contributed by atoms with Gasteiger partial charge in [0.05, 0.1) is 0 Å². The maximum absolute atomic E-state index is 11.8. The van der Waals surface area contributed by atoms with E-state index in [4.69, 9.17) is 0 Å². The van der Waals surface area contributed by atoms with Gasteiger partial charge in [0.1, 0.15) is 5.78 Å². The van der Waals surface area contributed by atoms with Crippen LogP contribution in [0, 0.1) is 0 Å². The molecule has 2 heterocycles. The van der Waals surface area contributed by atoms with Crippen molar-refractivity contribution in [2.24, 2.45) is 0 Å².